The van der Waals surface area contributed by atoms with E-state index in [2.05, 4.69) is 0 Å². The third-order valence-electron chi connectivity index (χ3n) is 3.00. The molecule has 0 bridgehead atoms. The van der Waals surface area contributed by atoms with Crippen LogP contribution in [0.15, 0.2) is 18.2 Å². The quantitative estimate of drug-likeness (QED) is 0.837. The van der Waals surface area contributed by atoms with Crippen LogP contribution in [0.2, 0.25) is 5.02 Å². The Kier molecular flexibility index (Phi) is 3.54. The summed E-state index contributed by atoms with van der Waals surface area (Å²) in [5.41, 5.74) is 0.0680. The van der Waals surface area contributed by atoms with Gasteiger partial charge >= 0.3 is 0 Å². The topological polar surface area (TPSA) is 46.6 Å². The molecule has 1 aromatic carbocycles. The molecule has 5 heteroatoms. The van der Waals surface area contributed by atoms with Crippen molar-refractivity contribution in [2.75, 3.05) is 18.1 Å². The standard InChI is InChI=1S/C14H16ClNO3/c1-14(2,3)12(17)7-16-10-6-9(15)4-5-11(10)19-8-13(16)18/h4-6H,7-8H2,1-3H3. The average Bonchev–Trinajstić information content (AvgIpc) is 2.31. The molecule has 0 fully saturated rings. The molecule has 19 heavy (non-hydrogen) atoms. The summed E-state index contributed by atoms with van der Waals surface area (Å²) in [6, 6.07) is 5.04. The highest BCUT2D eigenvalue weighted by Gasteiger charge is 2.31. The summed E-state index contributed by atoms with van der Waals surface area (Å²) in [5, 5.41) is 0.505. The number of rotatable bonds is 2. The van der Waals surface area contributed by atoms with Crippen molar-refractivity contribution < 1.29 is 14.3 Å². The lowest BCUT2D eigenvalue weighted by atomic mass is 9.90. The van der Waals surface area contributed by atoms with E-state index in [1.54, 1.807) is 18.2 Å². The second-order valence-corrected chi connectivity index (χ2v) is 5.99. The van der Waals surface area contributed by atoms with Gasteiger partial charge in [-0.2, -0.15) is 0 Å². The number of anilines is 1. The second-order valence-electron chi connectivity index (χ2n) is 5.55. The zero-order valence-electron chi connectivity index (χ0n) is 11.2. The van der Waals surface area contributed by atoms with Crippen LogP contribution >= 0.6 is 11.6 Å². The zero-order chi connectivity index (χ0) is 14.2. The highest BCUT2D eigenvalue weighted by molar-refractivity contribution is 6.31. The van der Waals surface area contributed by atoms with Crippen molar-refractivity contribution >= 4 is 29.0 Å². The van der Waals surface area contributed by atoms with Crippen molar-refractivity contribution in [1.29, 1.82) is 0 Å². The molecule has 0 atom stereocenters. The Hall–Kier alpha value is -1.55. The maximum absolute atomic E-state index is 12.1. The number of carbonyl (C=O) groups is 2. The van der Waals surface area contributed by atoms with Gasteiger partial charge in [-0.15, -0.1) is 0 Å². The molecule has 1 aromatic rings. The van der Waals surface area contributed by atoms with Crippen LogP contribution in [0.5, 0.6) is 5.75 Å². The fraction of sp³-hybridized carbons (Fsp3) is 0.429. The zero-order valence-corrected chi connectivity index (χ0v) is 12.0. The molecule has 0 saturated carbocycles. The summed E-state index contributed by atoms with van der Waals surface area (Å²) >= 11 is 5.94. The number of halogens is 1. The van der Waals surface area contributed by atoms with Gasteiger partial charge in [-0.25, -0.2) is 0 Å². The smallest absolute Gasteiger partial charge is 0.265 e. The molecular formula is C14H16ClNO3. The maximum atomic E-state index is 12.1. The van der Waals surface area contributed by atoms with Gasteiger partial charge < -0.3 is 4.74 Å². The molecule has 1 heterocycles. The molecule has 0 aromatic heterocycles. The minimum Gasteiger partial charge on any atom is -0.482 e. The van der Waals surface area contributed by atoms with Gasteiger partial charge in [0.1, 0.15) is 5.75 Å². The Balaban J connectivity index is 2.33. The van der Waals surface area contributed by atoms with E-state index in [0.29, 0.717) is 16.5 Å². The van der Waals surface area contributed by atoms with Crippen LogP contribution in [0, 0.1) is 5.41 Å². The number of fused-ring (bicyclic) bond motifs is 1. The molecule has 2 rings (SSSR count). The third kappa shape index (κ3) is 2.89. The number of benzene rings is 1. The van der Waals surface area contributed by atoms with Crippen molar-refractivity contribution in [2.45, 2.75) is 20.8 Å². The predicted molar refractivity (Wildman–Crippen MR) is 73.8 cm³/mol. The molecule has 1 amide bonds. The van der Waals surface area contributed by atoms with E-state index in [0.717, 1.165) is 0 Å². The molecule has 1 aliphatic heterocycles. The minimum atomic E-state index is -0.489. The van der Waals surface area contributed by atoms with Crippen LogP contribution in [-0.2, 0) is 9.59 Å². The fourth-order valence-corrected chi connectivity index (χ4v) is 1.90. The number of ketones is 1. The molecule has 4 nitrogen and oxygen atoms in total. The number of nitrogens with zero attached hydrogens (tertiary/aromatic N) is 1. The Morgan fingerprint density at radius 1 is 1.42 bits per heavy atom. The van der Waals surface area contributed by atoms with Crippen molar-refractivity contribution in [1.82, 2.24) is 0 Å². The first-order chi connectivity index (χ1) is 8.79. The molecule has 1 aliphatic rings. The van der Waals surface area contributed by atoms with E-state index in [4.69, 9.17) is 16.3 Å². The van der Waals surface area contributed by atoms with Gasteiger partial charge in [0.2, 0.25) is 0 Å². The molecule has 0 saturated heterocycles. The summed E-state index contributed by atoms with van der Waals surface area (Å²) in [6.07, 6.45) is 0. The first-order valence-corrected chi connectivity index (χ1v) is 6.43. The van der Waals surface area contributed by atoms with Crippen molar-refractivity contribution in [2.24, 2.45) is 5.41 Å². The Morgan fingerprint density at radius 2 is 2.11 bits per heavy atom. The van der Waals surface area contributed by atoms with Crippen molar-refractivity contribution in [3.05, 3.63) is 23.2 Å². The maximum Gasteiger partial charge on any atom is 0.265 e. The van der Waals surface area contributed by atoms with Crippen LogP contribution < -0.4 is 9.64 Å². The largest absolute Gasteiger partial charge is 0.482 e. The fourth-order valence-electron chi connectivity index (χ4n) is 1.73. The van der Waals surface area contributed by atoms with Crippen LogP contribution in [0.3, 0.4) is 0 Å². The van der Waals surface area contributed by atoms with Gasteiger partial charge in [0.05, 0.1) is 12.2 Å². The van der Waals surface area contributed by atoms with Gasteiger partial charge in [-0.3, -0.25) is 14.5 Å². The number of hydrogen-bond donors (Lipinski definition) is 0. The number of amides is 1. The molecule has 0 N–H and O–H groups in total. The second kappa shape index (κ2) is 4.85. The van der Waals surface area contributed by atoms with Gasteiger partial charge in [0, 0.05) is 10.4 Å². The lowest BCUT2D eigenvalue weighted by Gasteiger charge is -2.31. The van der Waals surface area contributed by atoms with Crippen LogP contribution in [0.1, 0.15) is 20.8 Å². The normalized spacial score (nSPS) is 14.9. The summed E-state index contributed by atoms with van der Waals surface area (Å²) in [4.78, 5) is 25.5. The number of ether oxygens (including phenoxy) is 1. The highest BCUT2D eigenvalue weighted by Crippen LogP contribution is 2.34. The average molecular weight is 282 g/mol. The van der Waals surface area contributed by atoms with Gasteiger partial charge in [0.25, 0.3) is 5.91 Å². The van der Waals surface area contributed by atoms with Gasteiger partial charge in [0.15, 0.2) is 12.4 Å². The van der Waals surface area contributed by atoms with Crippen molar-refractivity contribution in [3.8, 4) is 5.75 Å². The molecule has 0 spiro atoms. The Labute approximate surface area is 117 Å². The predicted octanol–water partition coefficient (Wildman–Crippen LogP) is 2.68. The monoisotopic (exact) mass is 281 g/mol. The number of hydrogen-bond acceptors (Lipinski definition) is 3. The van der Waals surface area contributed by atoms with Gasteiger partial charge in [-0.1, -0.05) is 32.4 Å². The molecule has 0 aliphatic carbocycles. The molecule has 0 radical (unpaired) electrons. The summed E-state index contributed by atoms with van der Waals surface area (Å²) in [6.45, 7) is 5.49. The van der Waals surface area contributed by atoms with E-state index in [-0.39, 0.29) is 24.8 Å². The van der Waals surface area contributed by atoms with Crippen LogP contribution in [-0.4, -0.2) is 24.8 Å². The SMILES string of the molecule is CC(C)(C)C(=O)CN1C(=O)COc2ccc(Cl)cc21. The van der Waals surface area contributed by atoms with Gasteiger partial charge in [-0.05, 0) is 18.2 Å². The van der Waals surface area contributed by atoms with Crippen LogP contribution in [0.25, 0.3) is 0 Å². The number of Topliss-reactive ketones (excluding diaryl/α,β-unsaturated/α-hetero) is 1. The lowest BCUT2D eigenvalue weighted by Crippen LogP contribution is -2.44. The molecular weight excluding hydrogens is 266 g/mol. The first-order valence-electron chi connectivity index (χ1n) is 6.05. The molecule has 102 valence electrons. The minimum absolute atomic E-state index is 0.00586. The Bertz CT molecular complexity index is 534. The highest BCUT2D eigenvalue weighted by atomic mass is 35.5. The summed E-state index contributed by atoms with van der Waals surface area (Å²) in [5.74, 6) is 0.340. The van der Waals surface area contributed by atoms with Crippen molar-refractivity contribution in [3.63, 3.8) is 0 Å². The lowest BCUT2D eigenvalue weighted by molar-refractivity contribution is -0.128. The summed E-state index contributed by atoms with van der Waals surface area (Å²) < 4.78 is 5.33. The summed E-state index contributed by atoms with van der Waals surface area (Å²) in [7, 11) is 0. The number of carbonyl (C=O) groups excluding carboxylic acids is 2. The van der Waals surface area contributed by atoms with E-state index in [9.17, 15) is 9.59 Å². The van der Waals surface area contributed by atoms with E-state index >= 15 is 0 Å². The van der Waals surface area contributed by atoms with E-state index in [1.165, 1.54) is 4.90 Å². The van der Waals surface area contributed by atoms with Crippen LogP contribution in [0.4, 0.5) is 5.69 Å². The Morgan fingerprint density at radius 3 is 2.74 bits per heavy atom. The van der Waals surface area contributed by atoms with E-state index in [1.807, 2.05) is 20.8 Å². The first kappa shape index (κ1) is 13.9. The molecule has 0 unspecified atom stereocenters. The third-order valence-corrected chi connectivity index (χ3v) is 3.24. The van der Waals surface area contributed by atoms with E-state index < -0.39 is 5.41 Å².